The summed E-state index contributed by atoms with van der Waals surface area (Å²) in [5.41, 5.74) is 0.219. The second-order valence-electron chi connectivity index (χ2n) is 6.73. The molecule has 158 valence electrons. The lowest BCUT2D eigenvalue weighted by Crippen LogP contribution is -2.49. The Balaban J connectivity index is 2.27. The molecular formula is C17H28N4O6S. The number of rotatable bonds is 8. The Morgan fingerprint density at radius 1 is 1.36 bits per heavy atom. The molecule has 1 fully saturated rings. The molecule has 1 saturated heterocycles. The number of carbonyl (C=O) groups excluding carboxylic acids is 2. The number of sulfonamides is 1. The molecule has 0 spiro atoms. The molecule has 2 atom stereocenters. The Morgan fingerprint density at radius 2 is 2.07 bits per heavy atom. The molecule has 0 saturated carbocycles. The van der Waals surface area contributed by atoms with E-state index in [2.05, 4.69) is 15.5 Å². The summed E-state index contributed by atoms with van der Waals surface area (Å²) in [5, 5.41) is 8.80. The smallest absolute Gasteiger partial charge is 0.343 e. The minimum Gasteiger partial charge on any atom is -0.462 e. The summed E-state index contributed by atoms with van der Waals surface area (Å²) < 4.78 is 37.6. The van der Waals surface area contributed by atoms with E-state index in [0.717, 1.165) is 0 Å². The lowest BCUT2D eigenvalue weighted by molar-refractivity contribution is -0.126. The third-order valence-electron chi connectivity index (χ3n) is 4.75. The van der Waals surface area contributed by atoms with E-state index in [-0.39, 0.29) is 35.7 Å². The molecule has 2 heterocycles. The molecule has 28 heavy (non-hydrogen) atoms. The number of ether oxygens (including phenoxy) is 2. The van der Waals surface area contributed by atoms with Crippen LogP contribution in [0.4, 0.5) is 0 Å². The average molecular weight is 417 g/mol. The molecule has 0 aromatic carbocycles. The highest BCUT2D eigenvalue weighted by molar-refractivity contribution is 7.89. The number of piperidine rings is 1. The van der Waals surface area contributed by atoms with Gasteiger partial charge in [-0.15, -0.1) is 0 Å². The normalized spacial score (nSPS) is 20.7. The fraction of sp³-hybridized carbons (Fsp3) is 0.706. The van der Waals surface area contributed by atoms with E-state index in [1.165, 1.54) is 11.4 Å². The number of H-pyrrole nitrogens is 1. The van der Waals surface area contributed by atoms with Crippen molar-refractivity contribution in [3.8, 4) is 0 Å². The molecule has 11 heteroatoms. The Morgan fingerprint density at radius 3 is 2.71 bits per heavy atom. The van der Waals surface area contributed by atoms with Crippen LogP contribution >= 0.6 is 0 Å². The summed E-state index contributed by atoms with van der Waals surface area (Å²) >= 11 is 0. The first kappa shape index (κ1) is 22.3. The first-order chi connectivity index (χ1) is 13.2. The molecule has 1 aromatic heterocycles. The van der Waals surface area contributed by atoms with Crippen molar-refractivity contribution >= 4 is 21.9 Å². The monoisotopic (exact) mass is 416 g/mol. The van der Waals surface area contributed by atoms with E-state index in [1.54, 1.807) is 20.8 Å². The van der Waals surface area contributed by atoms with Crippen LogP contribution in [0.15, 0.2) is 5.03 Å². The molecule has 10 nitrogen and oxygen atoms in total. The molecular weight excluding hydrogens is 388 g/mol. The van der Waals surface area contributed by atoms with Gasteiger partial charge >= 0.3 is 5.97 Å². The zero-order valence-corrected chi connectivity index (χ0v) is 17.5. The minimum atomic E-state index is -4.09. The number of aryl methyl sites for hydroxylation is 1. The Labute approximate surface area is 165 Å². The van der Waals surface area contributed by atoms with Crippen LogP contribution in [-0.2, 0) is 24.3 Å². The fourth-order valence-corrected chi connectivity index (χ4v) is 5.03. The van der Waals surface area contributed by atoms with E-state index in [9.17, 15) is 18.0 Å². The first-order valence-electron chi connectivity index (χ1n) is 9.24. The van der Waals surface area contributed by atoms with Gasteiger partial charge in [-0.2, -0.15) is 9.40 Å². The van der Waals surface area contributed by atoms with Crippen LogP contribution < -0.4 is 5.32 Å². The second kappa shape index (κ2) is 9.48. The van der Waals surface area contributed by atoms with Crippen molar-refractivity contribution in [2.45, 2.75) is 44.7 Å². The van der Waals surface area contributed by atoms with Gasteiger partial charge in [0.1, 0.15) is 5.56 Å². The largest absolute Gasteiger partial charge is 0.462 e. The average Bonchev–Trinajstić information content (AvgIpc) is 3.04. The number of aromatic nitrogens is 2. The van der Waals surface area contributed by atoms with Gasteiger partial charge in [-0.25, -0.2) is 13.2 Å². The van der Waals surface area contributed by atoms with Crippen molar-refractivity contribution in [2.24, 2.45) is 5.92 Å². The summed E-state index contributed by atoms with van der Waals surface area (Å²) in [6.07, 6.45) is 1.11. The highest BCUT2D eigenvalue weighted by Gasteiger charge is 2.41. The van der Waals surface area contributed by atoms with Crippen LogP contribution in [0.3, 0.4) is 0 Å². The Kier molecular flexibility index (Phi) is 7.55. The molecule has 1 aromatic rings. The maximum Gasteiger partial charge on any atom is 0.343 e. The first-order valence-corrected chi connectivity index (χ1v) is 10.7. The summed E-state index contributed by atoms with van der Waals surface area (Å²) in [6, 6.07) is -0.319. The highest BCUT2D eigenvalue weighted by Crippen LogP contribution is 2.30. The number of carbonyl (C=O) groups is 2. The number of esters is 1. The van der Waals surface area contributed by atoms with Gasteiger partial charge in [-0.3, -0.25) is 9.89 Å². The summed E-state index contributed by atoms with van der Waals surface area (Å²) in [5.74, 6) is -1.44. The van der Waals surface area contributed by atoms with E-state index in [4.69, 9.17) is 9.47 Å². The molecule has 0 unspecified atom stereocenters. The minimum absolute atomic E-state index is 0.0243. The highest BCUT2D eigenvalue weighted by atomic mass is 32.2. The van der Waals surface area contributed by atoms with Crippen molar-refractivity contribution in [1.82, 2.24) is 19.8 Å². The van der Waals surface area contributed by atoms with Crippen LogP contribution in [0.25, 0.3) is 0 Å². The number of hydrogen-bond donors (Lipinski definition) is 2. The lowest BCUT2D eigenvalue weighted by atomic mass is 9.95. The van der Waals surface area contributed by atoms with Gasteiger partial charge in [0.2, 0.25) is 10.9 Å². The zero-order valence-electron chi connectivity index (χ0n) is 16.6. The van der Waals surface area contributed by atoms with Gasteiger partial charge in [0.15, 0.2) is 0 Å². The molecule has 2 rings (SSSR count). The molecule has 1 aliphatic heterocycles. The fourth-order valence-electron chi connectivity index (χ4n) is 3.19. The van der Waals surface area contributed by atoms with Gasteiger partial charge in [-0.05, 0) is 33.6 Å². The van der Waals surface area contributed by atoms with Crippen LogP contribution in [0.2, 0.25) is 0 Å². The summed E-state index contributed by atoms with van der Waals surface area (Å²) in [6.45, 7) is 5.86. The molecule has 0 radical (unpaired) electrons. The summed E-state index contributed by atoms with van der Waals surface area (Å²) in [7, 11) is -2.55. The summed E-state index contributed by atoms with van der Waals surface area (Å²) in [4.78, 5) is 24.6. The van der Waals surface area contributed by atoms with E-state index < -0.39 is 21.9 Å². The van der Waals surface area contributed by atoms with Crippen LogP contribution in [0.1, 0.15) is 42.7 Å². The van der Waals surface area contributed by atoms with Gasteiger partial charge in [-0.1, -0.05) is 0 Å². The van der Waals surface area contributed by atoms with Crippen LogP contribution in [-0.4, -0.2) is 74.3 Å². The van der Waals surface area contributed by atoms with Gasteiger partial charge in [0, 0.05) is 31.9 Å². The predicted octanol–water partition coefficient (Wildman–Crippen LogP) is 0.447. The number of methoxy groups -OCH3 is 1. The molecule has 2 N–H and O–H groups in total. The number of nitrogens with zero attached hydrogens (tertiary/aromatic N) is 2. The van der Waals surface area contributed by atoms with Crippen molar-refractivity contribution in [2.75, 3.05) is 33.4 Å². The molecule has 1 amide bonds. The Bertz CT molecular complexity index is 807. The van der Waals surface area contributed by atoms with Crippen molar-refractivity contribution in [3.63, 3.8) is 0 Å². The third kappa shape index (κ3) is 4.70. The van der Waals surface area contributed by atoms with E-state index in [0.29, 0.717) is 31.7 Å². The maximum atomic E-state index is 13.3. The maximum absolute atomic E-state index is 13.3. The molecule has 0 bridgehead atoms. The predicted molar refractivity (Wildman–Crippen MR) is 100 cm³/mol. The van der Waals surface area contributed by atoms with Crippen molar-refractivity contribution in [1.29, 1.82) is 0 Å². The second-order valence-corrected chi connectivity index (χ2v) is 8.54. The van der Waals surface area contributed by atoms with Crippen LogP contribution in [0.5, 0.6) is 0 Å². The van der Waals surface area contributed by atoms with Crippen molar-refractivity contribution < 1.29 is 27.5 Å². The number of hydrogen-bond acceptors (Lipinski definition) is 7. The topological polar surface area (TPSA) is 131 Å². The van der Waals surface area contributed by atoms with Gasteiger partial charge < -0.3 is 14.8 Å². The quantitative estimate of drug-likeness (QED) is 0.464. The molecule has 0 aliphatic carbocycles. The number of amides is 1. The van der Waals surface area contributed by atoms with Crippen LogP contribution in [0, 0.1) is 12.8 Å². The SMILES string of the molecule is CCOC(=O)c1c(S(=O)(=O)N2C[C@@H](C(=O)NCCOC)CC[C@H]2C)n[nH]c1C. The standard InChI is InChI=1S/C17H28N4O6S/c1-5-27-17(23)14-12(3)19-20-16(14)28(24,25)21-10-13(7-6-11(21)2)15(22)18-8-9-26-4/h11,13H,5-10H2,1-4H3,(H,18,22)(H,19,20)/t11-,13+/m1/s1. The van der Waals surface area contributed by atoms with Gasteiger partial charge in [0.05, 0.1) is 19.1 Å². The molecule has 1 aliphatic rings. The Hall–Kier alpha value is -1.98. The zero-order chi connectivity index (χ0) is 20.9. The van der Waals surface area contributed by atoms with E-state index >= 15 is 0 Å². The number of nitrogens with one attached hydrogen (secondary N) is 2. The van der Waals surface area contributed by atoms with Gasteiger partial charge in [0.25, 0.3) is 10.0 Å². The lowest BCUT2D eigenvalue weighted by Gasteiger charge is -2.35. The number of aromatic amines is 1. The van der Waals surface area contributed by atoms with Crippen molar-refractivity contribution in [3.05, 3.63) is 11.3 Å². The third-order valence-corrected chi connectivity index (χ3v) is 6.66. The van der Waals surface area contributed by atoms with E-state index in [1.807, 2.05) is 0 Å².